The fraction of sp³-hybridized carbons (Fsp3) is 0.379. The number of hydrogen-bond donors (Lipinski definition) is 1. The van der Waals surface area contributed by atoms with Gasteiger partial charge in [-0.05, 0) is 49.1 Å². The molecule has 3 aromatic rings. The number of alkyl halides is 3. The van der Waals surface area contributed by atoms with Crippen LogP contribution in [0.5, 0.6) is 0 Å². The van der Waals surface area contributed by atoms with E-state index in [0.717, 1.165) is 17.2 Å². The van der Waals surface area contributed by atoms with Gasteiger partial charge in [-0.25, -0.2) is 4.79 Å². The second-order valence-corrected chi connectivity index (χ2v) is 10.5. The Labute approximate surface area is 219 Å². The molecule has 2 atom stereocenters. The molecule has 202 valence electrons. The van der Waals surface area contributed by atoms with Crippen molar-refractivity contribution < 1.29 is 27.8 Å². The molecule has 2 unspecified atom stereocenters. The Balaban J connectivity index is 1.52. The maximum atomic E-state index is 13.3. The van der Waals surface area contributed by atoms with E-state index in [0.29, 0.717) is 28.7 Å². The minimum Gasteiger partial charge on any atom is -0.438 e. The highest BCUT2D eigenvalue weighted by atomic mass is 19.4. The number of pyridine rings is 1. The van der Waals surface area contributed by atoms with Crippen molar-refractivity contribution >= 4 is 6.09 Å². The second-order valence-electron chi connectivity index (χ2n) is 10.5. The van der Waals surface area contributed by atoms with Gasteiger partial charge in [0.05, 0.1) is 11.6 Å². The van der Waals surface area contributed by atoms with Crippen LogP contribution in [0.1, 0.15) is 50.8 Å². The van der Waals surface area contributed by atoms with Gasteiger partial charge in [-0.3, -0.25) is 4.79 Å². The second kappa shape index (κ2) is 10.3. The van der Waals surface area contributed by atoms with E-state index in [1.165, 1.54) is 12.3 Å². The zero-order valence-electron chi connectivity index (χ0n) is 21.5. The third-order valence-electron chi connectivity index (χ3n) is 6.82. The molecule has 2 aromatic carbocycles. The summed E-state index contributed by atoms with van der Waals surface area (Å²) in [5.74, 6) is 0. The normalized spacial score (nSPS) is 19.2. The van der Waals surface area contributed by atoms with Gasteiger partial charge in [-0.15, -0.1) is 0 Å². The first-order valence-electron chi connectivity index (χ1n) is 12.4. The molecule has 0 bridgehead atoms. The molecule has 1 amide bonds. The number of aromatic nitrogens is 1. The predicted octanol–water partition coefficient (Wildman–Crippen LogP) is 6.04. The fourth-order valence-corrected chi connectivity index (χ4v) is 5.04. The van der Waals surface area contributed by atoms with Crippen molar-refractivity contribution in [1.82, 2.24) is 9.47 Å². The Morgan fingerprint density at radius 2 is 1.61 bits per heavy atom. The summed E-state index contributed by atoms with van der Waals surface area (Å²) in [6, 6.07) is 18.8. The molecule has 4 rings (SSSR count). The number of carbonyl (C=O) groups excluding carboxylic acids is 1. The predicted molar refractivity (Wildman–Crippen MR) is 137 cm³/mol. The van der Waals surface area contributed by atoms with E-state index in [1.807, 2.05) is 49.4 Å². The number of amides is 1. The van der Waals surface area contributed by atoms with Crippen molar-refractivity contribution in [3.63, 3.8) is 0 Å². The average molecular weight is 529 g/mol. The van der Waals surface area contributed by atoms with Crippen LogP contribution < -0.4 is 5.56 Å². The van der Waals surface area contributed by atoms with E-state index >= 15 is 0 Å². The quantitative estimate of drug-likeness (QED) is 0.406. The molecule has 0 radical (unpaired) electrons. The molecule has 1 fully saturated rings. The largest absolute Gasteiger partial charge is 0.438 e. The van der Waals surface area contributed by atoms with Crippen LogP contribution in [0.3, 0.4) is 0 Å². The summed E-state index contributed by atoms with van der Waals surface area (Å²) >= 11 is 0. The Bertz CT molecular complexity index is 1330. The van der Waals surface area contributed by atoms with Crippen molar-refractivity contribution in [2.45, 2.75) is 63.6 Å². The van der Waals surface area contributed by atoms with Gasteiger partial charge in [0.15, 0.2) is 0 Å². The molecule has 6 nitrogen and oxygen atoms in total. The van der Waals surface area contributed by atoms with Crippen LogP contribution in [0, 0.1) is 0 Å². The Kier molecular flexibility index (Phi) is 7.43. The van der Waals surface area contributed by atoms with E-state index in [1.54, 1.807) is 30.9 Å². The van der Waals surface area contributed by atoms with Gasteiger partial charge in [0.1, 0.15) is 12.1 Å². The highest BCUT2D eigenvalue weighted by molar-refractivity contribution is 5.70. The van der Waals surface area contributed by atoms with E-state index < -0.39 is 35.6 Å². The first-order chi connectivity index (χ1) is 17.8. The lowest BCUT2D eigenvalue weighted by atomic mass is 9.80. The monoisotopic (exact) mass is 528 g/mol. The highest BCUT2D eigenvalue weighted by Crippen LogP contribution is 2.42. The summed E-state index contributed by atoms with van der Waals surface area (Å²) in [6.07, 6.45) is -3.04. The SMILES string of the molecule is CC(c1ccc(-c2ccc(=O)n(CC(F)(F)F)c2)cc1)N1CCC(CC(C)(C)O)(c2ccccc2)OC1=O. The van der Waals surface area contributed by atoms with Gasteiger partial charge in [-0.2, -0.15) is 13.2 Å². The van der Waals surface area contributed by atoms with Crippen molar-refractivity contribution in [2.24, 2.45) is 0 Å². The van der Waals surface area contributed by atoms with Crippen LogP contribution in [0.4, 0.5) is 18.0 Å². The summed E-state index contributed by atoms with van der Waals surface area (Å²) in [5, 5.41) is 10.6. The molecule has 1 aromatic heterocycles. The summed E-state index contributed by atoms with van der Waals surface area (Å²) in [6.45, 7) is 4.32. The molecule has 1 aliphatic rings. The Morgan fingerprint density at radius 3 is 2.18 bits per heavy atom. The summed E-state index contributed by atoms with van der Waals surface area (Å²) in [5.41, 5.74) is 0.0496. The summed E-state index contributed by atoms with van der Waals surface area (Å²) in [4.78, 5) is 26.7. The molecular formula is C29H31F3N2O4. The van der Waals surface area contributed by atoms with Crippen LogP contribution in [-0.4, -0.2) is 39.0 Å². The molecular weight excluding hydrogens is 497 g/mol. The van der Waals surface area contributed by atoms with Gasteiger partial charge in [0, 0.05) is 31.6 Å². The lowest BCUT2D eigenvalue weighted by Crippen LogP contribution is -2.51. The van der Waals surface area contributed by atoms with Crippen LogP contribution in [0.25, 0.3) is 11.1 Å². The maximum Gasteiger partial charge on any atom is 0.411 e. The maximum absolute atomic E-state index is 13.3. The van der Waals surface area contributed by atoms with Gasteiger partial charge in [-0.1, -0.05) is 54.6 Å². The zero-order chi connectivity index (χ0) is 27.7. The molecule has 38 heavy (non-hydrogen) atoms. The van der Waals surface area contributed by atoms with Crippen molar-refractivity contribution in [3.8, 4) is 11.1 Å². The van der Waals surface area contributed by atoms with Crippen LogP contribution in [0.15, 0.2) is 77.7 Å². The van der Waals surface area contributed by atoms with Crippen LogP contribution in [0.2, 0.25) is 0 Å². The fourth-order valence-electron chi connectivity index (χ4n) is 5.04. The number of carbonyl (C=O) groups is 1. The smallest absolute Gasteiger partial charge is 0.411 e. The topological polar surface area (TPSA) is 71.8 Å². The number of nitrogens with zero attached hydrogens (tertiary/aromatic N) is 2. The number of rotatable bonds is 7. The van der Waals surface area contributed by atoms with E-state index in [4.69, 9.17) is 4.74 Å². The van der Waals surface area contributed by atoms with Crippen molar-refractivity contribution in [3.05, 3.63) is 94.4 Å². The average Bonchev–Trinajstić information content (AvgIpc) is 2.84. The molecule has 1 N–H and O–H groups in total. The number of aliphatic hydroxyl groups is 1. The first kappa shape index (κ1) is 27.4. The number of halogens is 3. The van der Waals surface area contributed by atoms with Gasteiger partial charge >= 0.3 is 12.3 Å². The lowest BCUT2D eigenvalue weighted by molar-refractivity contribution is -0.141. The Hall–Kier alpha value is -3.59. The summed E-state index contributed by atoms with van der Waals surface area (Å²) in [7, 11) is 0. The minimum absolute atomic E-state index is 0.253. The zero-order valence-corrected chi connectivity index (χ0v) is 21.5. The molecule has 2 heterocycles. The third kappa shape index (κ3) is 6.27. The number of ether oxygens (including phenoxy) is 1. The van der Waals surface area contributed by atoms with Gasteiger partial charge in [0.2, 0.25) is 0 Å². The molecule has 0 saturated carbocycles. The first-order valence-corrected chi connectivity index (χ1v) is 12.4. The van der Waals surface area contributed by atoms with Gasteiger partial charge in [0.25, 0.3) is 5.56 Å². The number of hydrogen-bond acceptors (Lipinski definition) is 4. The highest BCUT2D eigenvalue weighted by Gasteiger charge is 2.46. The minimum atomic E-state index is -4.50. The molecule has 9 heteroatoms. The molecule has 1 aliphatic heterocycles. The van der Waals surface area contributed by atoms with E-state index in [2.05, 4.69) is 0 Å². The van der Waals surface area contributed by atoms with Crippen LogP contribution in [-0.2, 0) is 16.9 Å². The standard InChI is InChI=1S/C29H31F3N2O4/c1-20(21-9-11-22(12-10-21)23-13-14-25(35)33(17-23)19-29(30,31)32)34-16-15-28(38-26(34)36,18-27(2,3)37)24-7-5-4-6-8-24/h4-14,17,20,37H,15-16,18-19H2,1-3H3. The third-order valence-corrected chi connectivity index (χ3v) is 6.82. The molecule has 1 saturated heterocycles. The number of cyclic esters (lactones) is 1. The molecule has 0 spiro atoms. The van der Waals surface area contributed by atoms with Crippen molar-refractivity contribution in [2.75, 3.05) is 6.54 Å². The lowest BCUT2D eigenvalue weighted by Gasteiger charge is -2.45. The van der Waals surface area contributed by atoms with Crippen molar-refractivity contribution in [1.29, 1.82) is 0 Å². The summed E-state index contributed by atoms with van der Waals surface area (Å²) < 4.78 is 45.1. The van der Waals surface area contributed by atoms with Gasteiger partial charge < -0.3 is 19.3 Å². The van der Waals surface area contributed by atoms with E-state index in [-0.39, 0.29) is 12.5 Å². The van der Waals surface area contributed by atoms with Crippen LogP contribution >= 0.6 is 0 Å². The molecule has 0 aliphatic carbocycles. The Morgan fingerprint density at radius 1 is 0.974 bits per heavy atom. The van der Waals surface area contributed by atoms with E-state index in [9.17, 15) is 27.9 Å². The number of benzene rings is 2.